The van der Waals surface area contributed by atoms with Gasteiger partial charge in [-0.2, -0.15) is 22.0 Å². The lowest BCUT2D eigenvalue weighted by Crippen LogP contribution is -2.45. The molecule has 21 heavy (non-hydrogen) atoms. The van der Waals surface area contributed by atoms with Crippen molar-refractivity contribution in [1.29, 1.82) is 0 Å². The van der Waals surface area contributed by atoms with Crippen molar-refractivity contribution in [2.75, 3.05) is 13.2 Å². The van der Waals surface area contributed by atoms with Crippen molar-refractivity contribution in [3.63, 3.8) is 0 Å². The number of alkyl halides is 5. The fraction of sp³-hybridized carbons (Fsp3) is 0.417. The molecular weight excluding hydrogens is 299 g/mol. The maximum Gasteiger partial charge on any atom is 0.455 e. The summed E-state index contributed by atoms with van der Waals surface area (Å²) < 4.78 is 68.6. The second-order valence-electron chi connectivity index (χ2n) is 4.46. The molecule has 1 aromatic rings. The number of hydrogen-bond acceptors (Lipinski definition) is 3. The highest BCUT2D eigenvalue weighted by Gasteiger charge is 2.61. The second-order valence-corrected chi connectivity index (χ2v) is 4.46. The maximum atomic E-state index is 13.2. The van der Waals surface area contributed by atoms with Gasteiger partial charge in [0.05, 0.1) is 12.1 Å². The van der Waals surface area contributed by atoms with E-state index in [9.17, 15) is 26.7 Å². The molecule has 0 spiro atoms. The highest BCUT2D eigenvalue weighted by Crippen LogP contribution is 2.43. The van der Waals surface area contributed by atoms with E-state index in [0.29, 0.717) is 0 Å². The summed E-state index contributed by atoms with van der Waals surface area (Å²) in [5.74, 6) is -5.62. The number of hydrogen-bond donors (Lipinski definition) is 2. The maximum absolute atomic E-state index is 13.2. The van der Waals surface area contributed by atoms with E-state index in [4.69, 9.17) is 10.5 Å². The first kappa shape index (κ1) is 15.5. The Bertz CT molecular complexity index is 559. The van der Waals surface area contributed by atoms with Gasteiger partial charge in [0.1, 0.15) is 18.4 Å². The molecule has 1 atom stereocenters. The summed E-state index contributed by atoms with van der Waals surface area (Å²) in [6, 6.07) is 0.420. The molecule has 0 aromatic heterocycles. The lowest BCUT2D eigenvalue weighted by Gasteiger charge is -2.26. The smallest absolute Gasteiger partial charge is 0.455 e. The van der Waals surface area contributed by atoms with Crippen LogP contribution in [0.1, 0.15) is 22.0 Å². The number of fused-ring (bicyclic) bond motifs is 1. The van der Waals surface area contributed by atoms with Gasteiger partial charge in [0.15, 0.2) is 0 Å². The highest BCUT2D eigenvalue weighted by molar-refractivity contribution is 5.97. The van der Waals surface area contributed by atoms with Crippen molar-refractivity contribution in [2.45, 2.75) is 18.1 Å². The summed E-state index contributed by atoms with van der Waals surface area (Å²) in [6.45, 7) is 0.371. The predicted octanol–water partition coefficient (Wildman–Crippen LogP) is 2.01. The Morgan fingerprint density at radius 1 is 1.24 bits per heavy atom. The Labute approximate surface area is 116 Å². The van der Waals surface area contributed by atoms with Crippen LogP contribution in [0.25, 0.3) is 0 Å². The topological polar surface area (TPSA) is 64.4 Å². The van der Waals surface area contributed by atoms with Gasteiger partial charge in [-0.15, -0.1) is 0 Å². The van der Waals surface area contributed by atoms with E-state index in [2.05, 4.69) is 5.32 Å². The number of ether oxygens (including phenoxy) is 1. The second kappa shape index (κ2) is 5.14. The molecule has 1 aromatic carbocycles. The molecule has 1 heterocycles. The monoisotopic (exact) mass is 310 g/mol. The van der Waals surface area contributed by atoms with E-state index in [1.165, 1.54) is 0 Å². The van der Waals surface area contributed by atoms with Gasteiger partial charge in [-0.3, -0.25) is 4.79 Å². The molecule has 0 bridgehead atoms. The minimum atomic E-state index is -5.78. The zero-order valence-corrected chi connectivity index (χ0v) is 10.5. The van der Waals surface area contributed by atoms with Crippen LogP contribution in [0.3, 0.4) is 0 Å². The molecule has 4 nitrogen and oxygen atoms in total. The number of carbonyl (C=O) groups is 1. The zero-order valence-electron chi connectivity index (χ0n) is 10.5. The van der Waals surface area contributed by atoms with Crippen LogP contribution in [0.2, 0.25) is 0 Å². The lowest BCUT2D eigenvalue weighted by atomic mass is 9.98. The molecule has 1 aliphatic heterocycles. The van der Waals surface area contributed by atoms with E-state index in [-0.39, 0.29) is 24.5 Å². The van der Waals surface area contributed by atoms with Gasteiger partial charge >= 0.3 is 12.1 Å². The SMILES string of the molecule is NC(c1ccc2c(c1)C(=O)NCCO2)C(F)(F)C(F)(F)F. The molecule has 0 saturated carbocycles. The number of benzene rings is 1. The molecule has 0 radical (unpaired) electrons. The first-order chi connectivity index (χ1) is 9.64. The van der Waals surface area contributed by atoms with Crippen LogP contribution in [0.5, 0.6) is 5.75 Å². The summed E-state index contributed by atoms with van der Waals surface area (Å²) in [4.78, 5) is 11.7. The van der Waals surface area contributed by atoms with Crippen molar-refractivity contribution in [2.24, 2.45) is 5.73 Å². The minimum absolute atomic E-state index is 0.108. The Balaban J connectivity index is 2.40. The predicted molar refractivity (Wildman–Crippen MR) is 62.2 cm³/mol. The van der Waals surface area contributed by atoms with Gasteiger partial charge in [0, 0.05) is 0 Å². The van der Waals surface area contributed by atoms with E-state index < -0.39 is 29.6 Å². The molecule has 2 rings (SSSR count). The average molecular weight is 310 g/mol. The summed E-state index contributed by atoms with van der Waals surface area (Å²) >= 11 is 0. The first-order valence-corrected chi connectivity index (χ1v) is 5.89. The third-order valence-corrected chi connectivity index (χ3v) is 3.02. The van der Waals surface area contributed by atoms with E-state index in [1.54, 1.807) is 0 Å². The van der Waals surface area contributed by atoms with Crippen molar-refractivity contribution in [1.82, 2.24) is 5.32 Å². The Kier molecular flexibility index (Phi) is 3.79. The molecule has 1 amide bonds. The number of nitrogens with one attached hydrogen (secondary N) is 1. The van der Waals surface area contributed by atoms with E-state index in [1.807, 2.05) is 0 Å². The molecule has 9 heteroatoms. The zero-order chi connectivity index (χ0) is 15.8. The van der Waals surface area contributed by atoms with Crippen LogP contribution in [-0.2, 0) is 0 Å². The average Bonchev–Trinajstić information content (AvgIpc) is 2.58. The summed E-state index contributed by atoms with van der Waals surface area (Å²) in [5.41, 5.74) is 4.40. The van der Waals surface area contributed by atoms with Crippen LogP contribution in [0, 0.1) is 0 Å². The van der Waals surface area contributed by atoms with Crippen molar-refractivity contribution >= 4 is 5.91 Å². The van der Waals surface area contributed by atoms with Crippen molar-refractivity contribution in [3.05, 3.63) is 29.3 Å². The lowest BCUT2D eigenvalue weighted by molar-refractivity contribution is -0.291. The third kappa shape index (κ3) is 2.78. The third-order valence-electron chi connectivity index (χ3n) is 3.02. The van der Waals surface area contributed by atoms with Crippen LogP contribution < -0.4 is 15.8 Å². The standard InChI is InChI=1S/C12H11F5N2O2/c13-11(14,12(15,16)17)9(18)6-1-2-8-7(5-6)10(20)19-3-4-21-8/h1-2,5,9H,3-4,18H2,(H,19,20). The van der Waals surface area contributed by atoms with Crippen LogP contribution in [0.4, 0.5) is 22.0 Å². The first-order valence-electron chi connectivity index (χ1n) is 5.89. The quantitative estimate of drug-likeness (QED) is 0.821. The van der Waals surface area contributed by atoms with E-state index >= 15 is 0 Å². The molecule has 3 N–H and O–H groups in total. The van der Waals surface area contributed by atoms with E-state index in [0.717, 1.165) is 18.2 Å². The van der Waals surface area contributed by atoms with Gasteiger partial charge in [0.2, 0.25) is 0 Å². The molecule has 116 valence electrons. The molecular formula is C12H11F5N2O2. The largest absolute Gasteiger partial charge is 0.491 e. The Morgan fingerprint density at radius 3 is 2.52 bits per heavy atom. The molecule has 0 saturated heterocycles. The van der Waals surface area contributed by atoms with Crippen molar-refractivity contribution < 1.29 is 31.5 Å². The summed E-state index contributed by atoms with van der Waals surface area (Å²) in [7, 11) is 0. The molecule has 1 aliphatic rings. The van der Waals surface area contributed by atoms with Crippen LogP contribution in [0.15, 0.2) is 18.2 Å². The highest BCUT2D eigenvalue weighted by atomic mass is 19.4. The summed E-state index contributed by atoms with van der Waals surface area (Å²) in [6.07, 6.45) is -5.78. The number of carbonyl (C=O) groups excluding carboxylic acids is 1. The van der Waals surface area contributed by atoms with Gasteiger partial charge in [-0.05, 0) is 17.7 Å². The normalized spacial score (nSPS) is 17.3. The molecule has 1 unspecified atom stereocenters. The van der Waals surface area contributed by atoms with Gasteiger partial charge in [0.25, 0.3) is 5.91 Å². The Hall–Kier alpha value is -1.90. The van der Waals surface area contributed by atoms with Gasteiger partial charge in [-0.1, -0.05) is 6.07 Å². The molecule has 0 aliphatic carbocycles. The van der Waals surface area contributed by atoms with Gasteiger partial charge in [-0.25, -0.2) is 0 Å². The minimum Gasteiger partial charge on any atom is -0.491 e. The van der Waals surface area contributed by atoms with Crippen LogP contribution in [-0.4, -0.2) is 31.2 Å². The van der Waals surface area contributed by atoms with Crippen LogP contribution >= 0.6 is 0 Å². The number of nitrogens with two attached hydrogens (primary N) is 1. The number of rotatable bonds is 2. The Morgan fingerprint density at radius 2 is 1.90 bits per heavy atom. The molecule has 0 fully saturated rings. The fourth-order valence-electron chi connectivity index (χ4n) is 1.85. The summed E-state index contributed by atoms with van der Waals surface area (Å²) in [5, 5.41) is 2.42. The number of amides is 1. The number of halogens is 5. The van der Waals surface area contributed by atoms with Crippen molar-refractivity contribution in [3.8, 4) is 5.75 Å². The fourth-order valence-corrected chi connectivity index (χ4v) is 1.85. The van der Waals surface area contributed by atoms with Gasteiger partial charge < -0.3 is 15.8 Å².